The summed E-state index contributed by atoms with van der Waals surface area (Å²) in [4.78, 5) is 4.22. The maximum absolute atomic E-state index is 13.9. The van der Waals surface area contributed by atoms with E-state index in [0.29, 0.717) is 11.7 Å². The molecule has 88 valence electrons. The summed E-state index contributed by atoms with van der Waals surface area (Å²) in [6.07, 6.45) is 5.80. The molecule has 0 spiro atoms. The third-order valence-corrected chi connectivity index (χ3v) is 2.91. The van der Waals surface area contributed by atoms with Crippen LogP contribution in [0.4, 0.5) is 10.3 Å². The number of nitrogens with zero attached hydrogens (tertiary/aromatic N) is 2. The summed E-state index contributed by atoms with van der Waals surface area (Å²) in [5.74, 6) is 0.497. The van der Waals surface area contributed by atoms with Crippen LogP contribution in [-0.4, -0.2) is 15.6 Å². The number of imidazole rings is 1. The zero-order valence-corrected chi connectivity index (χ0v) is 9.65. The maximum atomic E-state index is 13.9. The lowest BCUT2D eigenvalue weighted by Gasteiger charge is -2.10. The molecule has 1 aromatic heterocycles. The standard InChI is InChI=1S/C13H14FN3/c1-9-2-5-12(11(14)8-9)17-7-6-15-13(17)16-10-3-4-10/h2,5-8,10H,3-4H2,1H3,(H,15,16). The fraction of sp³-hybridized carbons (Fsp3) is 0.308. The Labute approximate surface area is 99.3 Å². The molecule has 0 atom stereocenters. The summed E-state index contributed by atoms with van der Waals surface area (Å²) >= 11 is 0. The Morgan fingerprint density at radius 1 is 1.41 bits per heavy atom. The smallest absolute Gasteiger partial charge is 0.207 e. The van der Waals surface area contributed by atoms with Gasteiger partial charge in [-0.05, 0) is 37.5 Å². The Morgan fingerprint density at radius 3 is 2.94 bits per heavy atom. The Hall–Kier alpha value is -1.84. The van der Waals surface area contributed by atoms with Gasteiger partial charge < -0.3 is 5.32 Å². The van der Waals surface area contributed by atoms with Crippen molar-refractivity contribution in [1.82, 2.24) is 9.55 Å². The normalized spacial score (nSPS) is 14.9. The van der Waals surface area contributed by atoms with E-state index in [-0.39, 0.29) is 5.82 Å². The van der Waals surface area contributed by atoms with Gasteiger partial charge in [0.2, 0.25) is 5.95 Å². The van der Waals surface area contributed by atoms with Crippen molar-refractivity contribution < 1.29 is 4.39 Å². The largest absolute Gasteiger partial charge is 0.353 e. The van der Waals surface area contributed by atoms with Crippen LogP contribution in [0.25, 0.3) is 5.69 Å². The van der Waals surface area contributed by atoms with E-state index < -0.39 is 0 Å². The first-order chi connectivity index (χ1) is 8.24. The highest BCUT2D eigenvalue weighted by molar-refractivity contribution is 5.44. The van der Waals surface area contributed by atoms with Gasteiger partial charge in [0.05, 0.1) is 5.69 Å². The second-order valence-electron chi connectivity index (χ2n) is 4.49. The van der Waals surface area contributed by atoms with Crippen molar-refractivity contribution in [3.05, 3.63) is 42.0 Å². The molecule has 4 heteroatoms. The predicted molar refractivity (Wildman–Crippen MR) is 64.9 cm³/mol. The predicted octanol–water partition coefficient (Wildman–Crippen LogP) is 2.89. The summed E-state index contributed by atoms with van der Waals surface area (Å²) in [6, 6.07) is 5.73. The molecule has 2 aromatic rings. The molecule has 0 aliphatic heterocycles. The molecular formula is C13H14FN3. The molecular weight excluding hydrogens is 217 g/mol. The molecule has 0 saturated heterocycles. The van der Waals surface area contributed by atoms with E-state index in [0.717, 1.165) is 11.5 Å². The first-order valence-electron chi connectivity index (χ1n) is 5.80. The molecule has 1 N–H and O–H groups in total. The molecule has 1 heterocycles. The summed E-state index contributed by atoms with van der Waals surface area (Å²) < 4.78 is 15.6. The van der Waals surface area contributed by atoms with E-state index in [2.05, 4.69) is 10.3 Å². The van der Waals surface area contributed by atoms with Crippen molar-refractivity contribution in [3.8, 4) is 5.69 Å². The highest BCUT2D eigenvalue weighted by Crippen LogP contribution is 2.26. The van der Waals surface area contributed by atoms with Gasteiger partial charge >= 0.3 is 0 Å². The Morgan fingerprint density at radius 2 is 2.24 bits per heavy atom. The van der Waals surface area contributed by atoms with Gasteiger partial charge in [-0.15, -0.1) is 0 Å². The fourth-order valence-electron chi connectivity index (χ4n) is 1.82. The molecule has 1 aromatic carbocycles. The zero-order chi connectivity index (χ0) is 11.8. The van der Waals surface area contributed by atoms with Crippen molar-refractivity contribution in [2.45, 2.75) is 25.8 Å². The number of hydrogen-bond donors (Lipinski definition) is 1. The lowest BCUT2D eigenvalue weighted by molar-refractivity contribution is 0.617. The van der Waals surface area contributed by atoms with Crippen molar-refractivity contribution >= 4 is 5.95 Å². The number of anilines is 1. The van der Waals surface area contributed by atoms with E-state index >= 15 is 0 Å². The topological polar surface area (TPSA) is 29.9 Å². The van der Waals surface area contributed by atoms with Crippen molar-refractivity contribution in [1.29, 1.82) is 0 Å². The van der Waals surface area contributed by atoms with E-state index in [4.69, 9.17) is 0 Å². The Balaban J connectivity index is 1.99. The van der Waals surface area contributed by atoms with Gasteiger partial charge in [0.1, 0.15) is 5.82 Å². The van der Waals surface area contributed by atoms with Crippen LogP contribution in [0.1, 0.15) is 18.4 Å². The monoisotopic (exact) mass is 231 g/mol. The summed E-state index contributed by atoms with van der Waals surface area (Å²) in [5, 5.41) is 3.29. The van der Waals surface area contributed by atoms with E-state index in [1.54, 1.807) is 23.0 Å². The van der Waals surface area contributed by atoms with Gasteiger partial charge in [-0.3, -0.25) is 4.57 Å². The molecule has 0 bridgehead atoms. The number of rotatable bonds is 3. The highest BCUT2D eigenvalue weighted by atomic mass is 19.1. The average Bonchev–Trinajstić information content (AvgIpc) is 2.97. The van der Waals surface area contributed by atoms with Crippen LogP contribution in [0, 0.1) is 12.7 Å². The van der Waals surface area contributed by atoms with Crippen LogP contribution in [0.3, 0.4) is 0 Å². The third-order valence-electron chi connectivity index (χ3n) is 2.91. The van der Waals surface area contributed by atoms with Crippen molar-refractivity contribution in [2.24, 2.45) is 0 Å². The van der Waals surface area contributed by atoms with Crippen LogP contribution in [-0.2, 0) is 0 Å². The first kappa shape index (κ1) is 10.3. The Kier molecular flexibility index (Phi) is 2.35. The van der Waals surface area contributed by atoms with Crippen LogP contribution >= 0.6 is 0 Å². The molecule has 17 heavy (non-hydrogen) atoms. The molecule has 0 amide bonds. The molecule has 0 unspecified atom stereocenters. The number of benzene rings is 1. The number of halogens is 1. The second-order valence-corrected chi connectivity index (χ2v) is 4.49. The average molecular weight is 231 g/mol. The molecule has 1 fully saturated rings. The lowest BCUT2D eigenvalue weighted by Crippen LogP contribution is -2.08. The zero-order valence-electron chi connectivity index (χ0n) is 9.65. The molecule has 3 rings (SSSR count). The number of nitrogens with one attached hydrogen (secondary N) is 1. The van der Waals surface area contributed by atoms with Crippen LogP contribution in [0.15, 0.2) is 30.6 Å². The molecule has 1 saturated carbocycles. The minimum atomic E-state index is -0.221. The van der Waals surface area contributed by atoms with E-state index in [1.807, 2.05) is 13.0 Å². The van der Waals surface area contributed by atoms with Gasteiger partial charge in [-0.2, -0.15) is 0 Å². The quantitative estimate of drug-likeness (QED) is 0.880. The van der Waals surface area contributed by atoms with Crippen molar-refractivity contribution in [2.75, 3.05) is 5.32 Å². The fourth-order valence-corrected chi connectivity index (χ4v) is 1.82. The summed E-state index contributed by atoms with van der Waals surface area (Å²) in [7, 11) is 0. The SMILES string of the molecule is Cc1ccc(-n2ccnc2NC2CC2)c(F)c1. The van der Waals surface area contributed by atoms with Gasteiger partial charge in [-0.1, -0.05) is 6.07 Å². The number of hydrogen-bond acceptors (Lipinski definition) is 2. The lowest BCUT2D eigenvalue weighted by atomic mass is 10.2. The highest BCUT2D eigenvalue weighted by Gasteiger charge is 2.23. The molecule has 3 nitrogen and oxygen atoms in total. The summed E-state index contributed by atoms with van der Waals surface area (Å²) in [6.45, 7) is 1.88. The van der Waals surface area contributed by atoms with Crippen molar-refractivity contribution in [3.63, 3.8) is 0 Å². The van der Waals surface area contributed by atoms with Crippen LogP contribution < -0.4 is 5.32 Å². The minimum Gasteiger partial charge on any atom is -0.353 e. The third kappa shape index (κ3) is 2.02. The van der Waals surface area contributed by atoms with E-state index in [9.17, 15) is 4.39 Å². The van der Waals surface area contributed by atoms with E-state index in [1.165, 1.54) is 18.9 Å². The van der Waals surface area contributed by atoms with Crippen LogP contribution in [0.2, 0.25) is 0 Å². The maximum Gasteiger partial charge on any atom is 0.207 e. The Bertz CT molecular complexity index is 543. The minimum absolute atomic E-state index is 0.221. The molecule has 1 aliphatic rings. The van der Waals surface area contributed by atoms with Gasteiger partial charge in [-0.25, -0.2) is 9.37 Å². The van der Waals surface area contributed by atoms with Gasteiger partial charge in [0.25, 0.3) is 0 Å². The van der Waals surface area contributed by atoms with Gasteiger partial charge in [0.15, 0.2) is 0 Å². The van der Waals surface area contributed by atoms with Gasteiger partial charge in [0, 0.05) is 18.4 Å². The first-order valence-corrected chi connectivity index (χ1v) is 5.80. The second kappa shape index (κ2) is 3.87. The van der Waals surface area contributed by atoms with Crippen LogP contribution in [0.5, 0.6) is 0 Å². The molecule has 0 radical (unpaired) electrons. The number of aromatic nitrogens is 2. The number of aryl methyl sites for hydroxylation is 1. The molecule has 1 aliphatic carbocycles. The summed E-state index contributed by atoms with van der Waals surface area (Å²) in [5.41, 5.74) is 1.46.